The highest BCUT2D eigenvalue weighted by atomic mass is 16.5. The third kappa shape index (κ3) is 4.99. The normalized spacial score (nSPS) is 48.7. The number of aromatic nitrogens is 3. The Balaban J connectivity index is 1.17. The van der Waals surface area contributed by atoms with Gasteiger partial charge in [0.05, 0.1) is 37.0 Å². The molecule has 4 saturated carbocycles. The monoisotopic (exact) mass is 684 g/mol. The zero-order valence-electron chi connectivity index (χ0n) is 30.5. The van der Waals surface area contributed by atoms with E-state index in [4.69, 9.17) is 4.74 Å². The lowest BCUT2D eigenvalue weighted by Crippen LogP contribution is -2.68. The van der Waals surface area contributed by atoms with Gasteiger partial charge in [0.2, 0.25) is 5.91 Å². The summed E-state index contributed by atoms with van der Waals surface area (Å²) >= 11 is 0. The Morgan fingerprint density at radius 3 is 2.39 bits per heavy atom. The minimum atomic E-state index is -1.39. The van der Waals surface area contributed by atoms with E-state index >= 15 is 0 Å². The van der Waals surface area contributed by atoms with Crippen LogP contribution < -0.4 is 5.32 Å². The van der Waals surface area contributed by atoms with Crippen molar-refractivity contribution in [3.63, 3.8) is 0 Å². The fourth-order valence-electron chi connectivity index (χ4n) is 12.6. The van der Waals surface area contributed by atoms with Gasteiger partial charge in [0.1, 0.15) is 24.0 Å². The molecule has 1 amide bonds. The lowest BCUT2D eigenvalue weighted by molar-refractivity contribution is -0.215. The summed E-state index contributed by atoms with van der Waals surface area (Å²) in [5.41, 5.74) is 0.559. The molecule has 1 aromatic rings. The summed E-state index contributed by atoms with van der Waals surface area (Å²) in [4.78, 5) is 14.6. The first-order chi connectivity index (χ1) is 22.8. The number of hydrogen-bond acceptors (Lipinski definition) is 9. The number of fused-ring (bicyclic) bond motifs is 7. The third-order valence-corrected chi connectivity index (χ3v) is 15.8. The number of rotatable bonds is 4. The number of amides is 1. The molecule has 11 heteroatoms. The van der Waals surface area contributed by atoms with E-state index in [0.29, 0.717) is 30.4 Å². The Morgan fingerprint density at radius 1 is 0.918 bits per heavy atom. The summed E-state index contributed by atoms with van der Waals surface area (Å²) in [5.74, 6) is 0.627. The molecular formula is C38H60N4O7. The first-order valence-corrected chi connectivity index (χ1v) is 18.7. The van der Waals surface area contributed by atoms with Crippen molar-refractivity contribution in [3.8, 4) is 0 Å². The van der Waals surface area contributed by atoms with Crippen LogP contribution in [0.3, 0.4) is 0 Å². The minimum Gasteiger partial charge on any atom is -0.393 e. The highest BCUT2D eigenvalue weighted by Gasteiger charge is 2.71. The Bertz CT molecular complexity index is 1490. The molecule has 0 unspecified atom stereocenters. The van der Waals surface area contributed by atoms with Crippen LogP contribution in [0.1, 0.15) is 118 Å². The Hall–Kier alpha value is -1.89. The zero-order valence-corrected chi connectivity index (χ0v) is 30.5. The van der Waals surface area contributed by atoms with Crippen LogP contribution in [0.15, 0.2) is 17.8 Å². The van der Waals surface area contributed by atoms with E-state index in [0.717, 1.165) is 44.9 Å². The molecule has 1 saturated heterocycles. The van der Waals surface area contributed by atoms with Crippen molar-refractivity contribution in [1.29, 1.82) is 0 Å². The maximum absolute atomic E-state index is 14.6. The molecule has 13 atom stereocenters. The van der Waals surface area contributed by atoms with Gasteiger partial charge in [-0.2, -0.15) is 0 Å². The molecule has 49 heavy (non-hydrogen) atoms. The summed E-state index contributed by atoms with van der Waals surface area (Å²) in [6.45, 7) is 16.4. The smallest absolute Gasteiger partial charge is 0.229 e. The number of carbonyl (C=O) groups excluding carboxylic acids is 1. The summed E-state index contributed by atoms with van der Waals surface area (Å²) in [6, 6.07) is 0. The van der Waals surface area contributed by atoms with Crippen molar-refractivity contribution in [3.05, 3.63) is 23.5 Å². The lowest BCUT2D eigenvalue weighted by Gasteiger charge is -2.71. The molecule has 2 heterocycles. The highest BCUT2D eigenvalue weighted by molar-refractivity contribution is 5.85. The highest BCUT2D eigenvalue weighted by Crippen LogP contribution is 2.75. The van der Waals surface area contributed by atoms with E-state index in [9.17, 15) is 30.3 Å². The maximum Gasteiger partial charge on any atom is 0.229 e. The second-order valence-corrected chi connectivity index (χ2v) is 19.0. The molecule has 11 nitrogen and oxygen atoms in total. The number of aliphatic hydroxyl groups is 5. The number of ether oxygens (including phenoxy) is 1. The van der Waals surface area contributed by atoms with Crippen LogP contribution in [0.5, 0.6) is 0 Å². The van der Waals surface area contributed by atoms with Crippen molar-refractivity contribution in [2.75, 3.05) is 6.61 Å². The van der Waals surface area contributed by atoms with Gasteiger partial charge in [0.15, 0.2) is 6.23 Å². The fourth-order valence-corrected chi connectivity index (χ4v) is 12.6. The Kier molecular flexibility index (Phi) is 8.37. The standard InChI is InChI=1S/C38H60N4O7/c1-33(2)14-15-38(32(48)39-18-21-19-42(41-40-21)31-30(47)29(46)24(43)20-49-31)23(16-33)22-8-9-26-35(5)12-11-27(44)34(3,4)25(35)10-13-36(26,6)37(22,7)17-28(38)45/h8,19,23-31,43-47H,9-18,20H2,1-7H3,(H,39,48)/t23-,24+,25-,26+,27-,28+,29-,30-,31+,35-,36+,37+,38+/m0/s1. The number of hydrogen-bond donors (Lipinski definition) is 6. The maximum atomic E-state index is 14.6. The number of allylic oxidation sites excluding steroid dienone is 2. The van der Waals surface area contributed by atoms with Crippen LogP contribution in [-0.4, -0.2) is 83.6 Å². The largest absolute Gasteiger partial charge is 0.393 e. The quantitative estimate of drug-likeness (QED) is 0.259. The first-order valence-electron chi connectivity index (χ1n) is 18.7. The number of aliphatic hydroxyl groups excluding tert-OH is 5. The predicted octanol–water partition coefficient (Wildman–Crippen LogP) is 3.64. The van der Waals surface area contributed by atoms with Crippen LogP contribution in [0, 0.1) is 50.2 Å². The van der Waals surface area contributed by atoms with Crippen LogP contribution >= 0.6 is 0 Å². The van der Waals surface area contributed by atoms with Crippen molar-refractivity contribution in [2.45, 2.75) is 150 Å². The van der Waals surface area contributed by atoms with E-state index in [1.165, 1.54) is 10.3 Å². The molecule has 0 aromatic carbocycles. The average molecular weight is 685 g/mol. The molecule has 5 aliphatic carbocycles. The van der Waals surface area contributed by atoms with Gasteiger partial charge in [-0.15, -0.1) is 5.10 Å². The molecule has 0 spiro atoms. The summed E-state index contributed by atoms with van der Waals surface area (Å²) in [6.07, 6.45) is 5.77. The zero-order chi connectivity index (χ0) is 35.5. The van der Waals surface area contributed by atoms with Gasteiger partial charge >= 0.3 is 0 Å². The van der Waals surface area contributed by atoms with Crippen molar-refractivity contribution in [2.24, 2.45) is 50.2 Å². The van der Waals surface area contributed by atoms with E-state index in [2.05, 4.69) is 70.2 Å². The Morgan fingerprint density at radius 2 is 1.65 bits per heavy atom. The van der Waals surface area contributed by atoms with Gasteiger partial charge < -0.3 is 35.6 Å². The molecule has 6 aliphatic rings. The van der Waals surface area contributed by atoms with Gasteiger partial charge in [-0.25, -0.2) is 4.68 Å². The number of nitrogens with zero attached hydrogens (tertiary/aromatic N) is 3. The van der Waals surface area contributed by atoms with Gasteiger partial charge in [-0.05, 0) is 103 Å². The van der Waals surface area contributed by atoms with Crippen molar-refractivity contribution < 1.29 is 35.1 Å². The van der Waals surface area contributed by atoms with Crippen LogP contribution in [0.2, 0.25) is 0 Å². The third-order valence-electron chi connectivity index (χ3n) is 15.8. The van der Waals surface area contributed by atoms with Crippen LogP contribution in [0.25, 0.3) is 0 Å². The second kappa shape index (κ2) is 11.6. The first kappa shape index (κ1) is 35.5. The van der Waals surface area contributed by atoms with Gasteiger partial charge in [0.25, 0.3) is 0 Å². The molecule has 1 aromatic heterocycles. The van der Waals surface area contributed by atoms with Gasteiger partial charge in [-0.3, -0.25) is 4.79 Å². The van der Waals surface area contributed by atoms with Gasteiger partial charge in [0, 0.05) is 0 Å². The lowest BCUT2D eigenvalue weighted by atomic mass is 9.33. The average Bonchev–Trinajstić information content (AvgIpc) is 3.49. The minimum absolute atomic E-state index is 0.0276. The van der Waals surface area contributed by atoms with E-state index in [-0.39, 0.29) is 58.2 Å². The molecule has 0 radical (unpaired) electrons. The molecule has 1 aliphatic heterocycles. The Labute approximate surface area is 290 Å². The number of nitrogens with one attached hydrogen (secondary N) is 1. The second-order valence-electron chi connectivity index (χ2n) is 19.0. The fraction of sp³-hybridized carbons (Fsp3) is 0.868. The summed E-state index contributed by atoms with van der Waals surface area (Å²) in [7, 11) is 0. The van der Waals surface area contributed by atoms with Gasteiger partial charge in [-0.1, -0.05) is 65.3 Å². The van der Waals surface area contributed by atoms with E-state index < -0.39 is 36.1 Å². The molecule has 6 N–H and O–H groups in total. The number of carbonyl (C=O) groups is 1. The topological polar surface area (TPSA) is 170 Å². The predicted molar refractivity (Wildman–Crippen MR) is 181 cm³/mol. The summed E-state index contributed by atoms with van der Waals surface area (Å²) < 4.78 is 6.82. The molecular weight excluding hydrogens is 624 g/mol. The molecule has 7 rings (SSSR count). The molecule has 274 valence electrons. The molecule has 5 fully saturated rings. The SMILES string of the molecule is CC1(C)CC[C@]2(C(=O)NCc3cn([C@@H]4OC[C@@H](O)[C@H](O)[C@@H]4O)nn3)[C@H](O)C[C@]3(C)C(=CC[C@@H]4[C@@]5(C)CC[C@H](O)C(C)(C)[C@@H]5CC[C@]43C)[C@@H]2C1. The van der Waals surface area contributed by atoms with E-state index in [1.54, 1.807) is 6.20 Å². The van der Waals surface area contributed by atoms with E-state index in [1.807, 2.05) is 0 Å². The molecule has 0 bridgehead atoms. The van der Waals surface area contributed by atoms with Crippen LogP contribution in [-0.2, 0) is 16.1 Å². The summed E-state index contributed by atoms with van der Waals surface area (Å²) in [5, 5.41) is 65.3. The van der Waals surface area contributed by atoms with Crippen molar-refractivity contribution >= 4 is 5.91 Å². The van der Waals surface area contributed by atoms with Crippen LogP contribution in [0.4, 0.5) is 0 Å². The van der Waals surface area contributed by atoms with Crippen molar-refractivity contribution in [1.82, 2.24) is 20.3 Å².